The molecule has 0 aliphatic carbocycles. The number of benzene rings is 2. The van der Waals surface area contributed by atoms with Crippen molar-refractivity contribution in [2.45, 2.75) is 0 Å². The van der Waals surface area contributed by atoms with Crippen molar-refractivity contribution >= 4 is 40.2 Å². The van der Waals surface area contributed by atoms with Crippen molar-refractivity contribution in [2.75, 3.05) is 43.1 Å². The van der Waals surface area contributed by atoms with Crippen molar-refractivity contribution in [3.05, 3.63) is 87.6 Å². The molecular weight excluding hydrogens is 473 g/mol. The summed E-state index contributed by atoms with van der Waals surface area (Å²) in [6.07, 6.45) is 1.75. The Morgan fingerprint density at radius 2 is 1.80 bits per heavy atom. The first-order valence-corrected chi connectivity index (χ1v) is 11.4. The first-order valence-electron chi connectivity index (χ1n) is 11.0. The molecule has 1 aliphatic rings. The molecule has 178 valence electrons. The number of carbonyl (C=O) groups is 1. The number of esters is 1. The molecule has 2 aromatic heterocycles. The summed E-state index contributed by atoms with van der Waals surface area (Å²) in [6, 6.07) is 14.5. The monoisotopic (exact) mass is 493 g/mol. The van der Waals surface area contributed by atoms with Crippen LogP contribution in [0.25, 0.3) is 16.6 Å². The van der Waals surface area contributed by atoms with Crippen LogP contribution in [0.2, 0.25) is 5.02 Å². The lowest BCUT2D eigenvalue weighted by Gasteiger charge is -2.36. The number of ether oxygens (including phenoxy) is 1. The first kappa shape index (κ1) is 22.8. The zero-order valence-corrected chi connectivity index (χ0v) is 19.6. The zero-order valence-electron chi connectivity index (χ0n) is 18.8. The van der Waals surface area contributed by atoms with Gasteiger partial charge >= 0.3 is 5.97 Å². The van der Waals surface area contributed by atoms with Gasteiger partial charge in [-0.05, 0) is 48.5 Å². The van der Waals surface area contributed by atoms with Crippen molar-refractivity contribution in [2.24, 2.45) is 0 Å². The van der Waals surface area contributed by atoms with E-state index in [2.05, 4.69) is 9.88 Å². The highest BCUT2D eigenvalue weighted by Gasteiger charge is 2.24. The molecule has 0 radical (unpaired) electrons. The molecule has 0 saturated carbocycles. The van der Waals surface area contributed by atoms with Crippen LogP contribution in [0.5, 0.6) is 0 Å². The van der Waals surface area contributed by atoms with E-state index in [4.69, 9.17) is 21.3 Å². The largest absolute Gasteiger partial charge is 0.465 e. The number of rotatable bonds is 4. The van der Waals surface area contributed by atoms with E-state index in [0.29, 0.717) is 54.3 Å². The van der Waals surface area contributed by atoms with Gasteiger partial charge in [0.05, 0.1) is 34.3 Å². The molecule has 1 fully saturated rings. The lowest BCUT2D eigenvalue weighted by Crippen LogP contribution is -2.48. The molecule has 0 N–H and O–H groups in total. The SMILES string of the molecule is COC(=O)c1ccc2c(=O)n(-c3ccc(F)c(Cl)c3)c(N3CCN(c4ccccn4)CC3)nc2c1. The summed E-state index contributed by atoms with van der Waals surface area (Å²) in [4.78, 5) is 39.0. The Morgan fingerprint density at radius 1 is 1.03 bits per heavy atom. The lowest BCUT2D eigenvalue weighted by molar-refractivity contribution is 0.0601. The third-order valence-electron chi connectivity index (χ3n) is 5.97. The number of piperazine rings is 1. The molecule has 8 nitrogen and oxygen atoms in total. The third-order valence-corrected chi connectivity index (χ3v) is 6.26. The van der Waals surface area contributed by atoms with Crippen molar-refractivity contribution in [3.8, 4) is 5.69 Å². The Kier molecular flexibility index (Phi) is 6.08. The average Bonchev–Trinajstić information content (AvgIpc) is 2.90. The van der Waals surface area contributed by atoms with Gasteiger partial charge in [-0.15, -0.1) is 0 Å². The second-order valence-corrected chi connectivity index (χ2v) is 8.44. The van der Waals surface area contributed by atoms with E-state index in [1.807, 2.05) is 23.1 Å². The van der Waals surface area contributed by atoms with Gasteiger partial charge < -0.3 is 14.5 Å². The summed E-state index contributed by atoms with van der Waals surface area (Å²) in [6.45, 7) is 2.47. The maximum atomic E-state index is 13.9. The Bertz CT molecular complexity index is 1470. The van der Waals surface area contributed by atoms with Crippen LogP contribution in [0.1, 0.15) is 10.4 Å². The van der Waals surface area contributed by atoms with Crippen LogP contribution in [0, 0.1) is 5.82 Å². The molecule has 5 rings (SSSR count). The number of hydrogen-bond donors (Lipinski definition) is 0. The van der Waals surface area contributed by atoms with Gasteiger partial charge in [-0.3, -0.25) is 4.79 Å². The number of carbonyl (C=O) groups excluding carboxylic acids is 1. The quantitative estimate of drug-likeness (QED) is 0.401. The molecule has 0 atom stereocenters. The summed E-state index contributed by atoms with van der Waals surface area (Å²) >= 11 is 6.04. The highest BCUT2D eigenvalue weighted by molar-refractivity contribution is 6.30. The predicted octanol–water partition coefficient (Wildman–Crippen LogP) is 3.69. The average molecular weight is 494 g/mol. The normalized spacial score (nSPS) is 13.8. The number of hydrogen-bond acceptors (Lipinski definition) is 7. The van der Waals surface area contributed by atoms with Crippen molar-refractivity contribution in [1.29, 1.82) is 0 Å². The number of anilines is 2. The first-order chi connectivity index (χ1) is 17.0. The molecule has 0 amide bonds. The third kappa shape index (κ3) is 4.30. The second-order valence-electron chi connectivity index (χ2n) is 8.04. The number of pyridine rings is 1. The van der Waals surface area contributed by atoms with Gasteiger partial charge in [0.1, 0.15) is 11.6 Å². The van der Waals surface area contributed by atoms with Crippen LogP contribution in [0.15, 0.2) is 65.6 Å². The van der Waals surface area contributed by atoms with Gasteiger partial charge in [0, 0.05) is 32.4 Å². The number of nitrogens with zero attached hydrogens (tertiary/aromatic N) is 5. The summed E-state index contributed by atoms with van der Waals surface area (Å²) in [5, 5.41) is 0.218. The van der Waals surface area contributed by atoms with Gasteiger partial charge in [-0.1, -0.05) is 17.7 Å². The molecule has 2 aromatic carbocycles. The van der Waals surface area contributed by atoms with Crippen molar-refractivity contribution in [1.82, 2.24) is 14.5 Å². The smallest absolute Gasteiger partial charge is 0.337 e. The molecule has 35 heavy (non-hydrogen) atoms. The molecule has 3 heterocycles. The minimum absolute atomic E-state index is 0.0959. The van der Waals surface area contributed by atoms with Crippen LogP contribution in [-0.2, 0) is 4.74 Å². The van der Waals surface area contributed by atoms with E-state index in [-0.39, 0.29) is 10.6 Å². The minimum atomic E-state index is -0.578. The Morgan fingerprint density at radius 3 is 2.49 bits per heavy atom. The van der Waals surface area contributed by atoms with Crippen LogP contribution in [-0.4, -0.2) is 53.8 Å². The van der Waals surface area contributed by atoms with Gasteiger partial charge in [0.2, 0.25) is 5.95 Å². The highest BCUT2D eigenvalue weighted by Crippen LogP contribution is 2.25. The number of fused-ring (bicyclic) bond motifs is 1. The number of aromatic nitrogens is 3. The maximum Gasteiger partial charge on any atom is 0.337 e. The molecule has 0 spiro atoms. The molecule has 0 bridgehead atoms. The van der Waals surface area contributed by atoms with Crippen LogP contribution < -0.4 is 15.4 Å². The van der Waals surface area contributed by atoms with E-state index >= 15 is 0 Å². The lowest BCUT2D eigenvalue weighted by atomic mass is 10.1. The maximum absolute atomic E-state index is 13.9. The molecule has 10 heteroatoms. The summed E-state index contributed by atoms with van der Waals surface area (Å²) in [5.41, 5.74) is 0.705. The highest BCUT2D eigenvalue weighted by atomic mass is 35.5. The Hall–Kier alpha value is -3.98. The standard InChI is InChI=1S/C25H21ClFN5O3/c1-35-24(34)16-5-7-18-21(14-16)29-25(32(23(18)33)17-6-8-20(27)19(26)15-17)31-12-10-30(11-13-31)22-4-2-3-9-28-22/h2-9,14-15H,10-13H2,1H3. The molecule has 0 unspecified atom stereocenters. The zero-order chi connectivity index (χ0) is 24.5. The Balaban J connectivity index is 1.61. The number of halogens is 2. The van der Waals surface area contributed by atoms with Gasteiger partial charge in [-0.25, -0.2) is 23.7 Å². The fourth-order valence-electron chi connectivity index (χ4n) is 4.16. The van der Waals surface area contributed by atoms with Gasteiger partial charge in [-0.2, -0.15) is 0 Å². The summed E-state index contributed by atoms with van der Waals surface area (Å²) < 4.78 is 20.1. The molecule has 1 saturated heterocycles. The number of methoxy groups -OCH3 is 1. The van der Waals surface area contributed by atoms with Crippen molar-refractivity contribution in [3.63, 3.8) is 0 Å². The molecule has 1 aliphatic heterocycles. The van der Waals surface area contributed by atoms with E-state index in [0.717, 1.165) is 5.82 Å². The van der Waals surface area contributed by atoms with Crippen LogP contribution in [0.3, 0.4) is 0 Å². The minimum Gasteiger partial charge on any atom is -0.465 e. The fraction of sp³-hybridized carbons (Fsp3) is 0.200. The van der Waals surface area contributed by atoms with E-state index in [9.17, 15) is 14.0 Å². The topological polar surface area (TPSA) is 80.6 Å². The molecule has 4 aromatic rings. The van der Waals surface area contributed by atoms with Gasteiger partial charge in [0.15, 0.2) is 0 Å². The molecular formula is C25H21ClFN5O3. The van der Waals surface area contributed by atoms with E-state index in [1.54, 1.807) is 12.3 Å². The van der Waals surface area contributed by atoms with Crippen molar-refractivity contribution < 1.29 is 13.9 Å². The van der Waals surface area contributed by atoms with E-state index in [1.165, 1.54) is 42.0 Å². The summed E-state index contributed by atoms with van der Waals surface area (Å²) in [5.74, 6) is 0.163. The van der Waals surface area contributed by atoms with Crippen LogP contribution in [0.4, 0.5) is 16.2 Å². The van der Waals surface area contributed by atoms with Crippen LogP contribution >= 0.6 is 11.6 Å². The second kappa shape index (κ2) is 9.34. The predicted molar refractivity (Wildman–Crippen MR) is 132 cm³/mol. The summed E-state index contributed by atoms with van der Waals surface area (Å²) in [7, 11) is 1.29. The Labute approximate surface area is 205 Å². The fourth-order valence-corrected chi connectivity index (χ4v) is 4.34. The van der Waals surface area contributed by atoms with Gasteiger partial charge in [0.25, 0.3) is 5.56 Å². The van der Waals surface area contributed by atoms with E-state index < -0.39 is 11.8 Å².